The van der Waals surface area contributed by atoms with Crippen LogP contribution in [0.25, 0.3) is 0 Å². The lowest BCUT2D eigenvalue weighted by Gasteiger charge is -2.36. The molecule has 1 aromatic rings. The van der Waals surface area contributed by atoms with Gasteiger partial charge in [-0.1, -0.05) is 32.9 Å². The van der Waals surface area contributed by atoms with Crippen LogP contribution < -0.4 is 4.74 Å². The molecule has 0 heterocycles. The first-order chi connectivity index (χ1) is 12.3. The minimum atomic E-state index is -3.12. The first kappa shape index (κ1) is 21.7. The van der Waals surface area contributed by atoms with Crippen LogP contribution in [0.2, 0.25) is 18.1 Å². The quantitative estimate of drug-likeness (QED) is 0.419. The maximum Gasteiger partial charge on any atom is 0.387 e. The molecule has 2 rings (SSSR count). The molecule has 1 aromatic carbocycles. The van der Waals surface area contributed by atoms with Crippen molar-refractivity contribution in [2.45, 2.75) is 63.8 Å². The van der Waals surface area contributed by atoms with E-state index >= 15 is 0 Å². The van der Waals surface area contributed by atoms with Crippen LogP contribution in [0.1, 0.15) is 44.2 Å². The van der Waals surface area contributed by atoms with Crippen molar-refractivity contribution in [3.05, 3.63) is 29.3 Å². The van der Waals surface area contributed by atoms with E-state index in [0.717, 1.165) is 0 Å². The Kier molecular flexibility index (Phi) is 5.98. The van der Waals surface area contributed by atoms with Gasteiger partial charge in [-0.05, 0) is 36.2 Å². The molecule has 3 nitrogen and oxygen atoms in total. The Labute approximate surface area is 158 Å². The van der Waals surface area contributed by atoms with Crippen molar-refractivity contribution in [3.8, 4) is 11.8 Å². The van der Waals surface area contributed by atoms with E-state index in [4.69, 9.17) is 4.43 Å². The van der Waals surface area contributed by atoms with E-state index in [1.54, 1.807) is 6.07 Å². The van der Waals surface area contributed by atoms with Gasteiger partial charge in [0.05, 0.1) is 11.5 Å². The highest BCUT2D eigenvalue weighted by Gasteiger charge is 2.68. The fourth-order valence-electron chi connectivity index (χ4n) is 2.95. The van der Waals surface area contributed by atoms with E-state index in [1.807, 2.05) is 0 Å². The molecule has 0 N–H and O–H groups in total. The molecule has 1 aliphatic rings. The van der Waals surface area contributed by atoms with Gasteiger partial charge in [-0.3, -0.25) is 0 Å². The molecule has 27 heavy (non-hydrogen) atoms. The van der Waals surface area contributed by atoms with Gasteiger partial charge in [0.15, 0.2) is 8.32 Å². The summed E-state index contributed by atoms with van der Waals surface area (Å²) in [5.41, 5.74) is -0.201. The van der Waals surface area contributed by atoms with Crippen molar-refractivity contribution in [1.82, 2.24) is 0 Å². The van der Waals surface area contributed by atoms with Crippen LogP contribution in [0, 0.1) is 17.2 Å². The molecule has 0 aliphatic heterocycles. The zero-order valence-electron chi connectivity index (χ0n) is 16.2. The standard InChI is InChI=1S/C19H25F4NO2Si/c1-18(2,3)27(4,5)25-10-9-14-16(19(14,22)23)12-7-6-8-15(13(12)11-24)26-17(20)21/h6-8,14,16-17H,9-10H2,1-5H3. The Morgan fingerprint density at radius 1 is 1.26 bits per heavy atom. The molecule has 0 amide bonds. The molecular weight excluding hydrogens is 378 g/mol. The number of halogens is 4. The van der Waals surface area contributed by atoms with Crippen molar-refractivity contribution in [3.63, 3.8) is 0 Å². The molecule has 0 radical (unpaired) electrons. The Morgan fingerprint density at radius 2 is 1.89 bits per heavy atom. The summed E-state index contributed by atoms with van der Waals surface area (Å²) in [4.78, 5) is 0. The summed E-state index contributed by atoms with van der Waals surface area (Å²) in [5.74, 6) is -5.53. The number of rotatable bonds is 7. The topological polar surface area (TPSA) is 42.2 Å². The molecule has 150 valence electrons. The van der Waals surface area contributed by atoms with E-state index in [0.29, 0.717) is 0 Å². The van der Waals surface area contributed by atoms with Crippen molar-refractivity contribution in [2.24, 2.45) is 5.92 Å². The molecule has 1 saturated carbocycles. The molecule has 1 aliphatic carbocycles. The fourth-order valence-corrected chi connectivity index (χ4v) is 4.01. The van der Waals surface area contributed by atoms with Crippen LogP contribution in [0.5, 0.6) is 5.75 Å². The smallest absolute Gasteiger partial charge is 0.387 e. The van der Waals surface area contributed by atoms with Gasteiger partial charge in [0.2, 0.25) is 0 Å². The summed E-state index contributed by atoms with van der Waals surface area (Å²) in [5, 5.41) is 9.26. The van der Waals surface area contributed by atoms with Crippen LogP contribution in [-0.4, -0.2) is 27.5 Å². The average molecular weight is 403 g/mol. The number of benzene rings is 1. The van der Waals surface area contributed by atoms with E-state index < -0.39 is 32.7 Å². The molecule has 8 heteroatoms. The second kappa shape index (κ2) is 7.44. The van der Waals surface area contributed by atoms with Crippen LogP contribution in [0.3, 0.4) is 0 Å². The van der Waals surface area contributed by atoms with Gasteiger partial charge in [-0.15, -0.1) is 0 Å². The summed E-state index contributed by atoms with van der Waals surface area (Å²) >= 11 is 0. The van der Waals surface area contributed by atoms with Gasteiger partial charge < -0.3 is 9.16 Å². The number of hydrogen-bond acceptors (Lipinski definition) is 3. The van der Waals surface area contributed by atoms with Crippen LogP contribution in [-0.2, 0) is 4.43 Å². The molecule has 0 spiro atoms. The lowest BCUT2D eigenvalue weighted by atomic mass is 10.0. The van der Waals surface area contributed by atoms with Gasteiger partial charge in [0.1, 0.15) is 11.8 Å². The van der Waals surface area contributed by atoms with Crippen molar-refractivity contribution < 1.29 is 26.7 Å². The number of hydrogen-bond donors (Lipinski definition) is 0. The summed E-state index contributed by atoms with van der Waals surface area (Å²) in [6.07, 6.45) is 0.148. The van der Waals surface area contributed by atoms with Gasteiger partial charge in [-0.25, -0.2) is 8.78 Å². The SMILES string of the molecule is CC(C)(C)[Si](C)(C)OCCC1C(c2cccc(OC(F)F)c2C#N)C1(F)F. The third kappa shape index (κ3) is 4.46. The number of nitriles is 1. The predicted octanol–water partition coefficient (Wildman–Crippen LogP) is 5.92. The van der Waals surface area contributed by atoms with Crippen LogP contribution in [0.4, 0.5) is 17.6 Å². The van der Waals surface area contributed by atoms with E-state index in [1.165, 1.54) is 18.2 Å². The van der Waals surface area contributed by atoms with Crippen LogP contribution >= 0.6 is 0 Å². The Morgan fingerprint density at radius 3 is 2.41 bits per heavy atom. The van der Waals surface area contributed by atoms with E-state index in [9.17, 15) is 22.8 Å². The third-order valence-electron chi connectivity index (χ3n) is 5.62. The second-order valence-electron chi connectivity index (χ2n) is 8.37. The monoisotopic (exact) mass is 403 g/mol. The Bertz CT molecular complexity index is 725. The largest absolute Gasteiger partial charge is 0.433 e. The highest BCUT2D eigenvalue weighted by Crippen LogP contribution is 2.64. The van der Waals surface area contributed by atoms with E-state index in [-0.39, 0.29) is 34.9 Å². The summed E-state index contributed by atoms with van der Waals surface area (Å²) < 4.78 is 64.0. The zero-order chi connectivity index (χ0) is 20.6. The molecule has 0 saturated heterocycles. The maximum atomic E-state index is 14.4. The first-order valence-corrected chi connectivity index (χ1v) is 11.7. The summed E-state index contributed by atoms with van der Waals surface area (Å²) in [6, 6.07) is 5.65. The first-order valence-electron chi connectivity index (χ1n) is 8.82. The molecule has 2 unspecified atom stereocenters. The molecule has 0 aromatic heterocycles. The second-order valence-corrected chi connectivity index (χ2v) is 13.2. The minimum absolute atomic E-state index is 0.0204. The van der Waals surface area contributed by atoms with E-state index in [2.05, 4.69) is 38.6 Å². The lowest BCUT2D eigenvalue weighted by Crippen LogP contribution is -2.41. The van der Waals surface area contributed by atoms with Crippen LogP contribution in [0.15, 0.2) is 18.2 Å². The fraction of sp³-hybridized carbons (Fsp3) is 0.632. The van der Waals surface area contributed by atoms with Gasteiger partial charge in [0, 0.05) is 12.5 Å². The number of alkyl halides is 4. The maximum absolute atomic E-state index is 14.4. The highest BCUT2D eigenvalue weighted by molar-refractivity contribution is 6.74. The summed E-state index contributed by atoms with van der Waals surface area (Å²) in [6.45, 7) is 7.40. The number of nitrogens with zero attached hydrogens (tertiary/aromatic N) is 1. The molecule has 1 fully saturated rings. The Balaban J connectivity index is 2.13. The lowest BCUT2D eigenvalue weighted by molar-refractivity contribution is -0.0500. The average Bonchev–Trinajstić information content (AvgIpc) is 3.06. The van der Waals surface area contributed by atoms with Crippen molar-refractivity contribution >= 4 is 8.32 Å². The predicted molar refractivity (Wildman–Crippen MR) is 96.7 cm³/mol. The summed E-state index contributed by atoms with van der Waals surface area (Å²) in [7, 11) is -2.04. The third-order valence-corrected chi connectivity index (χ3v) is 10.2. The van der Waals surface area contributed by atoms with Gasteiger partial charge in [0.25, 0.3) is 5.92 Å². The normalized spacial score (nSPS) is 21.8. The highest BCUT2D eigenvalue weighted by atomic mass is 28.4. The molecule has 2 atom stereocenters. The Hall–Kier alpha value is -1.59. The minimum Gasteiger partial charge on any atom is -0.433 e. The molecular formula is C19H25F4NO2Si. The van der Waals surface area contributed by atoms with Gasteiger partial charge >= 0.3 is 6.61 Å². The van der Waals surface area contributed by atoms with Crippen molar-refractivity contribution in [1.29, 1.82) is 5.26 Å². The zero-order valence-corrected chi connectivity index (χ0v) is 17.2. The van der Waals surface area contributed by atoms with Crippen molar-refractivity contribution in [2.75, 3.05) is 6.61 Å². The number of ether oxygens (including phenoxy) is 1. The molecule has 0 bridgehead atoms. The van der Waals surface area contributed by atoms with Gasteiger partial charge in [-0.2, -0.15) is 14.0 Å².